The Morgan fingerprint density at radius 1 is 1.11 bits per heavy atom. The topological polar surface area (TPSA) is 84.5 Å². The molecule has 7 heteroatoms. The Bertz CT molecular complexity index is 856. The molecule has 144 valence electrons. The molecule has 1 atom stereocenters. The molecular weight excluding hydrogens is 364 g/mol. The van der Waals surface area contributed by atoms with Gasteiger partial charge in [0.15, 0.2) is 0 Å². The zero-order valence-electron chi connectivity index (χ0n) is 16.1. The lowest BCUT2D eigenvalue weighted by Crippen LogP contribution is -2.29. The van der Waals surface area contributed by atoms with Crippen molar-refractivity contribution in [1.82, 2.24) is 5.32 Å². The fraction of sp³-hybridized carbons (Fsp3) is 0.350. The standard InChI is InChI=1S/C20H24N2O4S/c1-11-6-8-15(9-7-11)16(21-14(4)23)10-17(24)22-19-18(20(25)26-5)12(2)13(3)27-19/h6-9,16H,10H2,1-5H3,(H,21,23)(H,22,24). The summed E-state index contributed by atoms with van der Waals surface area (Å²) in [6.45, 7) is 7.09. The van der Waals surface area contributed by atoms with Crippen LogP contribution in [0.15, 0.2) is 24.3 Å². The summed E-state index contributed by atoms with van der Waals surface area (Å²) < 4.78 is 4.83. The Morgan fingerprint density at radius 2 is 1.74 bits per heavy atom. The van der Waals surface area contributed by atoms with Crippen LogP contribution in [-0.4, -0.2) is 24.9 Å². The summed E-state index contributed by atoms with van der Waals surface area (Å²) >= 11 is 1.33. The van der Waals surface area contributed by atoms with Crippen LogP contribution in [0.1, 0.15) is 51.3 Å². The van der Waals surface area contributed by atoms with Crippen molar-refractivity contribution in [2.75, 3.05) is 12.4 Å². The number of amides is 2. The van der Waals surface area contributed by atoms with Crippen LogP contribution in [0.2, 0.25) is 0 Å². The van der Waals surface area contributed by atoms with Gasteiger partial charge in [0.1, 0.15) is 5.00 Å². The molecule has 1 heterocycles. The molecule has 2 N–H and O–H groups in total. The Kier molecular flexibility index (Phi) is 6.74. The molecule has 0 aliphatic heterocycles. The predicted octanol–water partition coefficient (Wildman–Crippen LogP) is 3.67. The predicted molar refractivity (Wildman–Crippen MR) is 106 cm³/mol. The number of thiophene rings is 1. The molecule has 27 heavy (non-hydrogen) atoms. The number of carbonyl (C=O) groups excluding carboxylic acids is 3. The smallest absolute Gasteiger partial charge is 0.341 e. The number of ether oxygens (including phenoxy) is 1. The maximum atomic E-state index is 12.6. The van der Waals surface area contributed by atoms with E-state index in [1.807, 2.05) is 45.0 Å². The maximum absolute atomic E-state index is 12.6. The van der Waals surface area contributed by atoms with Gasteiger partial charge >= 0.3 is 5.97 Å². The van der Waals surface area contributed by atoms with Crippen LogP contribution in [0, 0.1) is 20.8 Å². The highest BCUT2D eigenvalue weighted by atomic mass is 32.1. The number of methoxy groups -OCH3 is 1. The fourth-order valence-corrected chi connectivity index (χ4v) is 3.79. The molecule has 6 nitrogen and oxygen atoms in total. The lowest BCUT2D eigenvalue weighted by Gasteiger charge is -2.18. The summed E-state index contributed by atoms with van der Waals surface area (Å²) in [5.41, 5.74) is 3.11. The van der Waals surface area contributed by atoms with Crippen molar-refractivity contribution in [2.24, 2.45) is 0 Å². The van der Waals surface area contributed by atoms with Crippen LogP contribution in [0.25, 0.3) is 0 Å². The Labute approximate surface area is 162 Å². The molecule has 1 aromatic carbocycles. The Morgan fingerprint density at radius 3 is 2.30 bits per heavy atom. The summed E-state index contributed by atoms with van der Waals surface area (Å²) in [5, 5.41) is 6.07. The highest BCUT2D eigenvalue weighted by molar-refractivity contribution is 7.16. The van der Waals surface area contributed by atoms with E-state index in [0.717, 1.165) is 21.6 Å². The lowest BCUT2D eigenvalue weighted by atomic mass is 10.0. The van der Waals surface area contributed by atoms with Crippen LogP contribution < -0.4 is 10.6 Å². The molecular formula is C20H24N2O4S. The number of anilines is 1. The Hall–Kier alpha value is -2.67. The first-order chi connectivity index (χ1) is 12.7. The summed E-state index contributed by atoms with van der Waals surface area (Å²) in [4.78, 5) is 37.2. The van der Waals surface area contributed by atoms with Gasteiger partial charge in [0.05, 0.1) is 25.1 Å². The normalized spacial score (nSPS) is 11.6. The van der Waals surface area contributed by atoms with Crippen LogP contribution >= 0.6 is 11.3 Å². The molecule has 0 bridgehead atoms. The molecule has 0 saturated heterocycles. The SMILES string of the molecule is COC(=O)c1c(NC(=O)CC(NC(C)=O)c2ccc(C)cc2)sc(C)c1C. The zero-order chi connectivity index (χ0) is 20.1. The minimum absolute atomic E-state index is 0.0548. The summed E-state index contributed by atoms with van der Waals surface area (Å²) in [7, 11) is 1.31. The van der Waals surface area contributed by atoms with Gasteiger partial charge in [-0.15, -0.1) is 11.3 Å². The minimum Gasteiger partial charge on any atom is -0.465 e. The highest BCUT2D eigenvalue weighted by Gasteiger charge is 2.23. The number of hydrogen-bond acceptors (Lipinski definition) is 5. The van der Waals surface area contributed by atoms with E-state index in [1.54, 1.807) is 0 Å². The molecule has 0 spiro atoms. The highest BCUT2D eigenvalue weighted by Crippen LogP contribution is 2.33. The quantitative estimate of drug-likeness (QED) is 0.740. The van der Waals surface area contributed by atoms with Crippen LogP contribution in [-0.2, 0) is 14.3 Å². The average molecular weight is 388 g/mol. The van der Waals surface area contributed by atoms with Gasteiger partial charge in [-0.05, 0) is 31.9 Å². The largest absolute Gasteiger partial charge is 0.465 e. The van der Waals surface area contributed by atoms with Crippen LogP contribution in [0.5, 0.6) is 0 Å². The first-order valence-electron chi connectivity index (χ1n) is 8.54. The molecule has 2 aromatic rings. The van der Waals surface area contributed by atoms with E-state index in [1.165, 1.54) is 25.4 Å². The molecule has 0 fully saturated rings. The lowest BCUT2D eigenvalue weighted by molar-refractivity contribution is -0.120. The number of esters is 1. The van der Waals surface area contributed by atoms with Crippen molar-refractivity contribution in [1.29, 1.82) is 0 Å². The van der Waals surface area contributed by atoms with E-state index in [0.29, 0.717) is 10.6 Å². The van der Waals surface area contributed by atoms with Crippen molar-refractivity contribution >= 4 is 34.1 Å². The van der Waals surface area contributed by atoms with E-state index in [4.69, 9.17) is 4.74 Å². The average Bonchev–Trinajstić information content (AvgIpc) is 2.87. The summed E-state index contributed by atoms with van der Waals surface area (Å²) in [5.74, 6) is -0.990. The number of carbonyl (C=O) groups is 3. The van der Waals surface area contributed by atoms with Crippen LogP contribution in [0.3, 0.4) is 0 Å². The van der Waals surface area contributed by atoms with Crippen molar-refractivity contribution in [3.05, 3.63) is 51.4 Å². The number of nitrogens with one attached hydrogen (secondary N) is 2. The second-order valence-electron chi connectivity index (χ2n) is 6.40. The summed E-state index contributed by atoms with van der Waals surface area (Å²) in [6, 6.07) is 7.20. The molecule has 1 unspecified atom stereocenters. The molecule has 0 saturated carbocycles. The second-order valence-corrected chi connectivity index (χ2v) is 7.62. The first kappa shape index (κ1) is 20.6. The van der Waals surface area contributed by atoms with Crippen LogP contribution in [0.4, 0.5) is 5.00 Å². The van der Waals surface area contributed by atoms with Crippen molar-refractivity contribution in [3.63, 3.8) is 0 Å². The molecule has 2 rings (SSSR count). The van der Waals surface area contributed by atoms with E-state index in [-0.39, 0.29) is 18.2 Å². The van der Waals surface area contributed by atoms with Gasteiger partial charge in [0.2, 0.25) is 11.8 Å². The van der Waals surface area contributed by atoms with E-state index in [2.05, 4.69) is 10.6 Å². The first-order valence-corrected chi connectivity index (χ1v) is 9.36. The van der Waals surface area contributed by atoms with E-state index >= 15 is 0 Å². The number of rotatable bonds is 6. The Balaban J connectivity index is 2.21. The number of aryl methyl sites for hydroxylation is 2. The third-order valence-corrected chi connectivity index (χ3v) is 5.40. The van der Waals surface area contributed by atoms with Gasteiger partial charge in [-0.25, -0.2) is 4.79 Å². The van der Waals surface area contributed by atoms with E-state index in [9.17, 15) is 14.4 Å². The van der Waals surface area contributed by atoms with Crippen molar-refractivity contribution in [3.8, 4) is 0 Å². The molecule has 0 aliphatic carbocycles. The van der Waals surface area contributed by atoms with Gasteiger partial charge in [-0.3, -0.25) is 9.59 Å². The maximum Gasteiger partial charge on any atom is 0.341 e. The third kappa shape index (κ3) is 5.17. The molecule has 0 radical (unpaired) electrons. The number of benzene rings is 1. The monoisotopic (exact) mass is 388 g/mol. The summed E-state index contributed by atoms with van der Waals surface area (Å²) in [6.07, 6.45) is 0.0548. The van der Waals surface area contributed by atoms with Crippen molar-refractivity contribution < 1.29 is 19.1 Å². The molecule has 2 amide bonds. The zero-order valence-corrected chi connectivity index (χ0v) is 17.0. The van der Waals surface area contributed by atoms with Gasteiger partial charge in [-0.2, -0.15) is 0 Å². The van der Waals surface area contributed by atoms with Crippen molar-refractivity contribution in [2.45, 2.75) is 40.2 Å². The molecule has 0 aliphatic rings. The van der Waals surface area contributed by atoms with Gasteiger partial charge in [0.25, 0.3) is 0 Å². The second kappa shape index (κ2) is 8.81. The number of hydrogen-bond donors (Lipinski definition) is 2. The fourth-order valence-electron chi connectivity index (χ4n) is 2.72. The van der Waals surface area contributed by atoms with Gasteiger partial charge in [0, 0.05) is 11.8 Å². The molecule has 1 aromatic heterocycles. The van der Waals surface area contributed by atoms with Gasteiger partial charge in [-0.1, -0.05) is 29.8 Å². The van der Waals surface area contributed by atoms with Gasteiger partial charge < -0.3 is 15.4 Å². The third-order valence-electron chi connectivity index (χ3n) is 4.27. The van der Waals surface area contributed by atoms with E-state index < -0.39 is 12.0 Å². The minimum atomic E-state index is -0.482.